The first kappa shape index (κ1) is 22.1. The second-order valence-electron chi connectivity index (χ2n) is 8.80. The summed E-state index contributed by atoms with van der Waals surface area (Å²) in [6.45, 7) is 4.01. The van der Waals surface area contributed by atoms with Crippen LogP contribution in [-0.2, 0) is 20.7 Å². The van der Waals surface area contributed by atoms with Crippen LogP contribution in [0.1, 0.15) is 44.9 Å². The van der Waals surface area contributed by atoms with Crippen LogP contribution in [0.4, 0.5) is 13.6 Å². The fraction of sp³-hybridized carbons (Fsp3) is 0.650. The monoisotopic (exact) mass is 474 g/mol. The molecule has 2 heterocycles. The number of fused-ring (bicyclic) bond motifs is 1. The topological polar surface area (TPSA) is 68.7 Å². The number of rotatable bonds is 6. The van der Waals surface area contributed by atoms with Crippen LogP contribution in [0, 0.1) is 12.3 Å². The molecule has 1 aliphatic carbocycles. The predicted molar refractivity (Wildman–Crippen MR) is 105 cm³/mol. The molecule has 3 atom stereocenters. The molecule has 0 radical (unpaired) electrons. The smallest absolute Gasteiger partial charge is 0.411 e. The van der Waals surface area contributed by atoms with E-state index >= 15 is 0 Å². The molecule has 29 heavy (non-hydrogen) atoms. The van der Waals surface area contributed by atoms with Crippen LogP contribution >= 0.6 is 15.9 Å². The maximum absolute atomic E-state index is 13.1. The Labute approximate surface area is 177 Å². The summed E-state index contributed by atoms with van der Waals surface area (Å²) in [4.78, 5) is 31.7. The van der Waals surface area contributed by atoms with Gasteiger partial charge in [-0.25, -0.2) is 9.78 Å². The molecule has 1 saturated heterocycles. The molecule has 0 bridgehead atoms. The maximum atomic E-state index is 13.1. The van der Waals surface area contributed by atoms with Gasteiger partial charge in [0.1, 0.15) is 10.2 Å². The van der Waals surface area contributed by atoms with E-state index in [0.29, 0.717) is 16.7 Å². The van der Waals surface area contributed by atoms with E-state index in [1.54, 1.807) is 26.8 Å². The zero-order chi connectivity index (χ0) is 21.6. The number of hydrogen-bond acceptors (Lipinski definition) is 5. The highest BCUT2D eigenvalue weighted by molar-refractivity contribution is 9.10. The van der Waals surface area contributed by atoms with Gasteiger partial charge in [0.2, 0.25) is 0 Å². The molecule has 1 saturated carbocycles. The minimum atomic E-state index is -2.89. The lowest BCUT2D eigenvalue weighted by molar-refractivity contribution is -0.141. The normalized spacial score (nSPS) is 25.9. The number of aromatic nitrogens is 1. The number of ether oxygens (including phenoxy) is 2. The molecule has 9 heteroatoms. The highest BCUT2D eigenvalue weighted by Crippen LogP contribution is 2.60. The van der Waals surface area contributed by atoms with Crippen LogP contribution in [0.2, 0.25) is 0 Å². The van der Waals surface area contributed by atoms with Crippen LogP contribution in [0.15, 0.2) is 16.7 Å². The molecule has 1 amide bonds. The number of pyridine rings is 1. The Morgan fingerprint density at radius 3 is 2.66 bits per heavy atom. The Bertz CT molecular complexity index is 814. The summed E-state index contributed by atoms with van der Waals surface area (Å²) in [5.74, 6) is -0.187. The van der Waals surface area contributed by atoms with Gasteiger partial charge in [-0.15, -0.1) is 0 Å². The van der Waals surface area contributed by atoms with E-state index in [0.717, 1.165) is 5.56 Å². The number of nitrogens with zero attached hydrogens (tertiary/aromatic N) is 2. The van der Waals surface area contributed by atoms with E-state index in [9.17, 15) is 18.4 Å². The summed E-state index contributed by atoms with van der Waals surface area (Å²) in [7, 11) is 0. The fourth-order valence-electron chi connectivity index (χ4n) is 3.93. The van der Waals surface area contributed by atoms with Gasteiger partial charge in [-0.1, -0.05) is 6.07 Å². The van der Waals surface area contributed by atoms with Gasteiger partial charge in [-0.2, -0.15) is 8.78 Å². The average Bonchev–Trinajstić information content (AvgIpc) is 3.19. The van der Waals surface area contributed by atoms with Gasteiger partial charge >= 0.3 is 12.7 Å². The van der Waals surface area contributed by atoms with E-state index in [-0.39, 0.29) is 31.3 Å². The van der Waals surface area contributed by atoms with E-state index in [4.69, 9.17) is 4.74 Å². The first-order valence-corrected chi connectivity index (χ1v) is 10.3. The van der Waals surface area contributed by atoms with Crippen LogP contribution in [0.5, 0.6) is 0 Å². The first-order valence-electron chi connectivity index (χ1n) is 9.48. The molecule has 0 aromatic carbocycles. The lowest BCUT2D eigenvalue weighted by Crippen LogP contribution is -2.46. The summed E-state index contributed by atoms with van der Waals surface area (Å²) < 4.78 is 35.8. The van der Waals surface area contributed by atoms with Crippen molar-refractivity contribution in [2.24, 2.45) is 5.41 Å². The second kappa shape index (κ2) is 7.91. The average molecular weight is 475 g/mol. The summed E-state index contributed by atoms with van der Waals surface area (Å²) in [5.41, 5.74) is 0.136. The number of Topliss-reactive ketones (excluding diaryl/α,β-unsaturated/α-hetero) is 1. The highest BCUT2D eigenvalue weighted by Gasteiger charge is 2.68. The number of carbonyl (C=O) groups is 2. The van der Waals surface area contributed by atoms with Gasteiger partial charge in [0.15, 0.2) is 5.78 Å². The molecular formula is C20H25BrF2N2O4. The minimum Gasteiger partial charge on any atom is -0.444 e. The molecule has 0 N–H and O–H groups in total. The maximum Gasteiger partial charge on any atom is 0.411 e. The van der Waals surface area contributed by atoms with E-state index in [1.807, 2.05) is 13.0 Å². The second-order valence-corrected chi connectivity index (χ2v) is 9.61. The number of amides is 1. The van der Waals surface area contributed by atoms with Crippen molar-refractivity contribution in [2.45, 2.75) is 71.3 Å². The number of ketones is 1. The number of halogens is 3. The summed E-state index contributed by atoms with van der Waals surface area (Å²) in [6, 6.07) is 2.57. The van der Waals surface area contributed by atoms with Gasteiger partial charge in [0.05, 0.1) is 24.8 Å². The van der Waals surface area contributed by atoms with Crippen LogP contribution in [-0.4, -0.2) is 52.7 Å². The molecule has 2 fully saturated rings. The Balaban J connectivity index is 1.81. The highest BCUT2D eigenvalue weighted by atomic mass is 79.9. The van der Waals surface area contributed by atoms with Crippen molar-refractivity contribution < 1.29 is 27.8 Å². The van der Waals surface area contributed by atoms with Gasteiger partial charge in [-0.3, -0.25) is 9.69 Å². The van der Waals surface area contributed by atoms with Gasteiger partial charge in [0.25, 0.3) is 0 Å². The van der Waals surface area contributed by atoms with Crippen molar-refractivity contribution in [1.29, 1.82) is 0 Å². The number of alkyl halides is 2. The number of piperidine rings is 1. The van der Waals surface area contributed by atoms with Crippen molar-refractivity contribution in [3.63, 3.8) is 0 Å². The van der Waals surface area contributed by atoms with Gasteiger partial charge < -0.3 is 9.47 Å². The minimum absolute atomic E-state index is 0.0493. The third-order valence-electron chi connectivity index (χ3n) is 5.40. The number of hydrogen-bond donors (Lipinski definition) is 0. The lowest BCUT2D eigenvalue weighted by atomic mass is 9.95. The van der Waals surface area contributed by atoms with Crippen molar-refractivity contribution in [1.82, 2.24) is 9.88 Å². The van der Waals surface area contributed by atoms with Crippen LogP contribution in [0.25, 0.3) is 0 Å². The Morgan fingerprint density at radius 1 is 1.34 bits per heavy atom. The Hall–Kier alpha value is -1.61. The summed E-state index contributed by atoms with van der Waals surface area (Å²) in [6.07, 6.45) is 0.261. The molecule has 0 spiro atoms. The van der Waals surface area contributed by atoms with Crippen molar-refractivity contribution in [3.05, 3.63) is 28.0 Å². The first-order chi connectivity index (χ1) is 13.4. The zero-order valence-corrected chi connectivity index (χ0v) is 18.5. The molecule has 0 unspecified atom stereocenters. The molecule has 160 valence electrons. The van der Waals surface area contributed by atoms with Gasteiger partial charge in [-0.05, 0) is 68.1 Å². The SMILES string of the molecule is Cc1ccc(Br)nc1CC(=O)[C@@H]1C[C@@]2(COC(F)F)C[C@H]2N1C(=O)OC(C)(C)C. The molecule has 2 aliphatic rings. The molecule has 1 aliphatic heterocycles. The van der Waals surface area contributed by atoms with E-state index in [2.05, 4.69) is 25.7 Å². The molecule has 1 aromatic heterocycles. The quantitative estimate of drug-likeness (QED) is 0.575. The lowest BCUT2D eigenvalue weighted by Gasteiger charge is -2.29. The largest absolute Gasteiger partial charge is 0.444 e. The standard InChI is InChI=1S/C20H25BrF2N2O4/c1-11-5-6-16(21)24-12(11)7-14(26)13-8-20(10-28-17(22)23)9-15(20)25(13)18(27)29-19(2,3)4/h5-6,13,15,17H,7-10H2,1-4H3/t13-,15+,20-/m0/s1. The zero-order valence-electron chi connectivity index (χ0n) is 16.9. The molecule has 1 aromatic rings. The Morgan fingerprint density at radius 2 is 2.03 bits per heavy atom. The van der Waals surface area contributed by atoms with Crippen molar-refractivity contribution >= 4 is 27.8 Å². The molecule has 3 rings (SSSR count). The Kier molecular flexibility index (Phi) is 6.02. The summed E-state index contributed by atoms with van der Waals surface area (Å²) in [5, 5.41) is 0. The number of carbonyl (C=O) groups excluding carboxylic acids is 2. The number of likely N-dealkylation sites (tertiary alicyclic amines) is 1. The van der Waals surface area contributed by atoms with Gasteiger partial charge in [0, 0.05) is 11.5 Å². The van der Waals surface area contributed by atoms with Crippen LogP contribution in [0.3, 0.4) is 0 Å². The van der Waals surface area contributed by atoms with E-state index in [1.165, 1.54) is 4.90 Å². The van der Waals surface area contributed by atoms with Crippen molar-refractivity contribution in [3.8, 4) is 0 Å². The third kappa shape index (κ3) is 4.94. The van der Waals surface area contributed by atoms with Crippen LogP contribution < -0.4 is 0 Å². The number of aryl methyl sites for hydroxylation is 1. The molecule has 6 nitrogen and oxygen atoms in total. The van der Waals surface area contributed by atoms with E-state index < -0.39 is 29.8 Å². The fourth-order valence-corrected chi connectivity index (χ4v) is 4.27. The van der Waals surface area contributed by atoms with Crippen molar-refractivity contribution in [2.75, 3.05) is 6.61 Å². The summed E-state index contributed by atoms with van der Waals surface area (Å²) >= 11 is 3.30. The third-order valence-corrected chi connectivity index (χ3v) is 5.84. The predicted octanol–water partition coefficient (Wildman–Crippen LogP) is 4.27. The molecular weight excluding hydrogens is 450 g/mol.